The summed E-state index contributed by atoms with van der Waals surface area (Å²) in [7, 11) is 0. The van der Waals surface area contributed by atoms with Crippen LogP contribution in [0.2, 0.25) is 0 Å². The van der Waals surface area contributed by atoms with Crippen LogP contribution >= 0.6 is 15.9 Å². The summed E-state index contributed by atoms with van der Waals surface area (Å²) < 4.78 is 13.8. The van der Waals surface area contributed by atoms with Crippen molar-refractivity contribution >= 4 is 15.9 Å². The van der Waals surface area contributed by atoms with E-state index in [-0.39, 0.29) is 5.82 Å². The molecule has 2 N–H and O–H groups in total. The van der Waals surface area contributed by atoms with Crippen molar-refractivity contribution in [3.63, 3.8) is 0 Å². The summed E-state index contributed by atoms with van der Waals surface area (Å²) in [6, 6.07) is 5.92. The van der Waals surface area contributed by atoms with Crippen molar-refractivity contribution in [1.29, 1.82) is 0 Å². The van der Waals surface area contributed by atoms with Gasteiger partial charge >= 0.3 is 0 Å². The van der Waals surface area contributed by atoms with Crippen LogP contribution in [0.1, 0.15) is 24.8 Å². The second kappa shape index (κ2) is 6.47. The van der Waals surface area contributed by atoms with E-state index in [1.165, 1.54) is 18.9 Å². The molecule has 17 heavy (non-hydrogen) atoms. The van der Waals surface area contributed by atoms with Gasteiger partial charge in [-0.15, -0.1) is 0 Å². The van der Waals surface area contributed by atoms with E-state index in [1.807, 2.05) is 6.07 Å². The topological polar surface area (TPSA) is 24.1 Å². The molecule has 0 amide bonds. The molecule has 0 heterocycles. The van der Waals surface area contributed by atoms with Crippen LogP contribution in [0.5, 0.6) is 0 Å². The van der Waals surface area contributed by atoms with E-state index in [0.717, 1.165) is 31.1 Å². The minimum absolute atomic E-state index is 0.195. The molecule has 0 saturated heterocycles. The van der Waals surface area contributed by atoms with E-state index < -0.39 is 0 Å². The zero-order valence-corrected chi connectivity index (χ0v) is 11.4. The van der Waals surface area contributed by atoms with E-state index in [2.05, 4.69) is 26.6 Å². The molecule has 2 rings (SSSR count). The first-order chi connectivity index (χ1) is 8.27. The smallest absolute Gasteiger partial charge is 0.137 e. The molecular formula is C13H18BrFN2. The number of halogens is 2. The summed E-state index contributed by atoms with van der Waals surface area (Å²) in [5, 5.41) is 6.79. The van der Waals surface area contributed by atoms with Gasteiger partial charge in [0.15, 0.2) is 0 Å². The van der Waals surface area contributed by atoms with E-state index in [4.69, 9.17) is 0 Å². The largest absolute Gasteiger partial charge is 0.314 e. The Morgan fingerprint density at radius 1 is 1.29 bits per heavy atom. The Hall–Kier alpha value is -0.450. The van der Waals surface area contributed by atoms with Gasteiger partial charge in [-0.3, -0.25) is 0 Å². The maximum atomic E-state index is 13.2. The fourth-order valence-corrected chi connectivity index (χ4v) is 2.12. The van der Waals surface area contributed by atoms with Crippen molar-refractivity contribution in [2.24, 2.45) is 0 Å². The highest BCUT2D eigenvalue weighted by atomic mass is 79.9. The number of rotatable bonds is 7. The molecule has 0 radical (unpaired) electrons. The highest BCUT2D eigenvalue weighted by Gasteiger charge is 2.19. The van der Waals surface area contributed by atoms with Gasteiger partial charge in [-0.1, -0.05) is 12.1 Å². The van der Waals surface area contributed by atoms with Gasteiger partial charge in [0.05, 0.1) is 4.47 Å². The molecule has 0 atom stereocenters. The van der Waals surface area contributed by atoms with Crippen molar-refractivity contribution < 1.29 is 4.39 Å². The quantitative estimate of drug-likeness (QED) is 0.757. The van der Waals surface area contributed by atoms with E-state index in [9.17, 15) is 4.39 Å². The zero-order chi connectivity index (χ0) is 12.1. The number of hydrogen-bond donors (Lipinski definition) is 2. The highest BCUT2D eigenvalue weighted by molar-refractivity contribution is 9.10. The summed E-state index contributed by atoms with van der Waals surface area (Å²) in [6.07, 6.45) is 3.79. The Balaban J connectivity index is 1.61. The Labute approximate surface area is 110 Å². The van der Waals surface area contributed by atoms with Gasteiger partial charge in [0, 0.05) is 12.6 Å². The molecule has 0 aromatic heterocycles. The average Bonchev–Trinajstić information content (AvgIpc) is 3.12. The van der Waals surface area contributed by atoms with Crippen LogP contribution < -0.4 is 10.6 Å². The van der Waals surface area contributed by atoms with Crippen LogP contribution in [0.25, 0.3) is 0 Å². The second-order valence-electron chi connectivity index (χ2n) is 4.47. The monoisotopic (exact) mass is 300 g/mol. The van der Waals surface area contributed by atoms with E-state index in [1.54, 1.807) is 6.07 Å². The van der Waals surface area contributed by atoms with Crippen molar-refractivity contribution in [3.8, 4) is 0 Å². The summed E-state index contributed by atoms with van der Waals surface area (Å²) in [5.74, 6) is -0.195. The van der Waals surface area contributed by atoms with Crippen molar-refractivity contribution in [2.45, 2.75) is 31.8 Å². The number of hydrogen-bond acceptors (Lipinski definition) is 2. The molecule has 2 nitrogen and oxygen atoms in total. The van der Waals surface area contributed by atoms with Crippen molar-refractivity contribution in [1.82, 2.24) is 10.6 Å². The van der Waals surface area contributed by atoms with Crippen molar-refractivity contribution in [2.75, 3.05) is 13.1 Å². The summed E-state index contributed by atoms with van der Waals surface area (Å²) in [6.45, 7) is 2.74. The normalized spacial score (nSPS) is 15.2. The standard InChI is InChI=1S/C13H18BrFN2/c14-13-10(3-1-4-12(13)15)9-16-7-2-8-17-11-5-6-11/h1,3-4,11,16-17H,2,5-9H2. The molecule has 1 fully saturated rings. The number of benzene rings is 1. The lowest BCUT2D eigenvalue weighted by molar-refractivity contribution is 0.586. The van der Waals surface area contributed by atoms with Crippen LogP contribution in [0.3, 0.4) is 0 Å². The molecule has 0 aliphatic heterocycles. The predicted molar refractivity (Wildman–Crippen MR) is 71.4 cm³/mol. The lowest BCUT2D eigenvalue weighted by atomic mass is 10.2. The van der Waals surface area contributed by atoms with Gasteiger partial charge in [-0.05, 0) is 59.9 Å². The Kier molecular flexibility index (Phi) is 4.95. The van der Waals surface area contributed by atoms with Crippen LogP contribution in [0, 0.1) is 5.82 Å². The predicted octanol–water partition coefficient (Wildman–Crippen LogP) is 2.82. The van der Waals surface area contributed by atoms with Gasteiger partial charge in [0.25, 0.3) is 0 Å². The molecule has 1 aliphatic rings. The zero-order valence-electron chi connectivity index (χ0n) is 9.81. The maximum absolute atomic E-state index is 13.2. The molecule has 1 aromatic carbocycles. The fourth-order valence-electron chi connectivity index (χ4n) is 1.72. The van der Waals surface area contributed by atoms with Gasteiger partial charge in [-0.25, -0.2) is 4.39 Å². The molecule has 1 saturated carbocycles. The maximum Gasteiger partial charge on any atom is 0.137 e. The minimum atomic E-state index is -0.195. The number of nitrogens with one attached hydrogen (secondary N) is 2. The van der Waals surface area contributed by atoms with Crippen LogP contribution in [-0.4, -0.2) is 19.1 Å². The lowest BCUT2D eigenvalue weighted by Crippen LogP contribution is -2.23. The summed E-state index contributed by atoms with van der Waals surface area (Å²) in [4.78, 5) is 0. The lowest BCUT2D eigenvalue weighted by Gasteiger charge is -2.07. The molecule has 1 aromatic rings. The van der Waals surface area contributed by atoms with Gasteiger partial charge in [0.1, 0.15) is 5.82 Å². The third kappa shape index (κ3) is 4.37. The minimum Gasteiger partial charge on any atom is -0.314 e. The Morgan fingerprint density at radius 2 is 2.12 bits per heavy atom. The van der Waals surface area contributed by atoms with Crippen LogP contribution in [0.15, 0.2) is 22.7 Å². The van der Waals surface area contributed by atoms with Gasteiger partial charge in [0.2, 0.25) is 0 Å². The van der Waals surface area contributed by atoms with Crippen molar-refractivity contribution in [3.05, 3.63) is 34.1 Å². The van der Waals surface area contributed by atoms with E-state index >= 15 is 0 Å². The highest BCUT2D eigenvalue weighted by Crippen LogP contribution is 2.20. The summed E-state index contributed by atoms with van der Waals surface area (Å²) in [5.41, 5.74) is 0.972. The molecule has 0 spiro atoms. The molecule has 0 unspecified atom stereocenters. The second-order valence-corrected chi connectivity index (χ2v) is 5.26. The van der Waals surface area contributed by atoms with Gasteiger partial charge < -0.3 is 10.6 Å². The molecule has 0 bridgehead atoms. The molecule has 1 aliphatic carbocycles. The first-order valence-corrected chi connectivity index (χ1v) is 6.93. The van der Waals surface area contributed by atoms with Crippen LogP contribution in [-0.2, 0) is 6.54 Å². The third-order valence-corrected chi connectivity index (χ3v) is 3.78. The van der Waals surface area contributed by atoms with E-state index in [0.29, 0.717) is 11.0 Å². The third-order valence-electron chi connectivity index (χ3n) is 2.89. The Bertz CT molecular complexity index is 366. The van der Waals surface area contributed by atoms with Gasteiger partial charge in [-0.2, -0.15) is 0 Å². The Morgan fingerprint density at radius 3 is 2.88 bits per heavy atom. The molecular weight excluding hydrogens is 283 g/mol. The molecule has 94 valence electrons. The fraction of sp³-hybridized carbons (Fsp3) is 0.538. The first kappa shape index (κ1) is 13.0. The summed E-state index contributed by atoms with van der Waals surface area (Å²) >= 11 is 3.26. The average molecular weight is 301 g/mol. The van der Waals surface area contributed by atoms with Crippen LogP contribution in [0.4, 0.5) is 4.39 Å². The SMILES string of the molecule is Fc1cccc(CNCCCNC2CC2)c1Br. The molecule has 4 heteroatoms. The first-order valence-electron chi connectivity index (χ1n) is 6.14.